The molecule has 0 aliphatic carbocycles. The highest BCUT2D eigenvalue weighted by Gasteiger charge is 2.16. The fourth-order valence-electron chi connectivity index (χ4n) is 2.37. The van der Waals surface area contributed by atoms with Crippen molar-refractivity contribution in [3.63, 3.8) is 0 Å². The number of fused-ring (bicyclic) bond motifs is 1. The number of hydrogen-bond donors (Lipinski definition) is 1. The predicted octanol–water partition coefficient (Wildman–Crippen LogP) is 1.39. The lowest BCUT2D eigenvalue weighted by Crippen LogP contribution is -2.35. The van der Waals surface area contributed by atoms with Gasteiger partial charge in [-0.1, -0.05) is 0 Å². The largest absolute Gasteiger partial charge is 0.486 e. The average molecular weight is 390 g/mol. The number of aryl methyl sites for hydroxylation is 1. The van der Waals surface area contributed by atoms with Gasteiger partial charge in [0.25, 0.3) is 11.8 Å². The summed E-state index contributed by atoms with van der Waals surface area (Å²) in [5.41, 5.74) is 0.337. The lowest BCUT2D eigenvalue weighted by atomic mass is 10.3. The van der Waals surface area contributed by atoms with Crippen LogP contribution in [-0.4, -0.2) is 47.9 Å². The zero-order chi connectivity index (χ0) is 19.2. The fraction of sp³-hybridized carbons (Fsp3) is 0.278. The predicted molar refractivity (Wildman–Crippen MR) is 97.0 cm³/mol. The van der Waals surface area contributed by atoms with Gasteiger partial charge < -0.3 is 18.8 Å². The van der Waals surface area contributed by atoms with E-state index < -0.39 is 24.4 Å². The Bertz CT molecular complexity index is 863. The number of ether oxygens (including phenoxy) is 3. The highest BCUT2D eigenvalue weighted by molar-refractivity contribution is 8.00. The van der Waals surface area contributed by atoms with E-state index in [4.69, 9.17) is 14.2 Å². The molecule has 0 radical (unpaired) electrons. The summed E-state index contributed by atoms with van der Waals surface area (Å²) in [4.78, 5) is 36.3. The lowest BCUT2D eigenvalue weighted by Gasteiger charge is -2.18. The number of benzene rings is 1. The number of nitrogens with zero attached hydrogens (tertiary/aromatic N) is 1. The van der Waals surface area contributed by atoms with E-state index in [1.54, 1.807) is 42.1 Å². The first-order valence-corrected chi connectivity index (χ1v) is 9.15. The van der Waals surface area contributed by atoms with Gasteiger partial charge in [0.05, 0.1) is 5.75 Å². The Morgan fingerprint density at radius 2 is 1.96 bits per heavy atom. The van der Waals surface area contributed by atoms with E-state index in [9.17, 15) is 14.4 Å². The number of carbonyl (C=O) groups excluding carboxylic acids is 3. The SMILES string of the molecule is Cn1cccc1C(=O)NC(=O)COC(=O)CSc1ccc2c(c1)OCCO2. The van der Waals surface area contributed by atoms with Crippen LogP contribution in [-0.2, 0) is 21.4 Å². The zero-order valence-electron chi connectivity index (χ0n) is 14.6. The molecule has 9 heteroatoms. The molecule has 0 fully saturated rings. The van der Waals surface area contributed by atoms with Crippen LogP contribution in [0.1, 0.15) is 10.5 Å². The number of esters is 1. The molecular formula is C18H18N2O6S. The molecule has 3 rings (SSSR count). The maximum atomic E-state index is 11.9. The van der Waals surface area contributed by atoms with Crippen molar-refractivity contribution in [3.05, 3.63) is 42.2 Å². The van der Waals surface area contributed by atoms with Crippen molar-refractivity contribution in [2.75, 3.05) is 25.6 Å². The summed E-state index contributed by atoms with van der Waals surface area (Å²) in [5, 5.41) is 2.17. The van der Waals surface area contributed by atoms with Gasteiger partial charge in [-0.3, -0.25) is 19.7 Å². The molecule has 1 aromatic heterocycles. The maximum absolute atomic E-state index is 11.9. The molecule has 2 amide bonds. The Morgan fingerprint density at radius 3 is 2.70 bits per heavy atom. The Morgan fingerprint density at radius 1 is 1.19 bits per heavy atom. The smallest absolute Gasteiger partial charge is 0.316 e. The fourth-order valence-corrected chi connectivity index (χ4v) is 3.09. The monoisotopic (exact) mass is 390 g/mol. The molecule has 27 heavy (non-hydrogen) atoms. The summed E-state index contributed by atoms with van der Waals surface area (Å²) in [7, 11) is 1.69. The molecule has 1 aromatic carbocycles. The van der Waals surface area contributed by atoms with Gasteiger partial charge in [-0.2, -0.15) is 0 Å². The molecule has 8 nitrogen and oxygen atoms in total. The van der Waals surface area contributed by atoms with E-state index in [0.717, 1.165) is 4.90 Å². The van der Waals surface area contributed by atoms with Gasteiger partial charge in [-0.05, 0) is 30.3 Å². The summed E-state index contributed by atoms with van der Waals surface area (Å²) >= 11 is 1.25. The number of amides is 2. The summed E-state index contributed by atoms with van der Waals surface area (Å²) in [6.07, 6.45) is 1.69. The Labute approximate surface area is 159 Å². The number of rotatable bonds is 6. The van der Waals surface area contributed by atoms with E-state index in [-0.39, 0.29) is 5.75 Å². The molecule has 2 heterocycles. The van der Waals surface area contributed by atoms with Gasteiger partial charge in [0.15, 0.2) is 18.1 Å². The first-order chi connectivity index (χ1) is 13.0. The molecule has 2 aromatic rings. The van der Waals surface area contributed by atoms with Crippen molar-refractivity contribution in [2.45, 2.75) is 4.90 Å². The first-order valence-electron chi connectivity index (χ1n) is 8.16. The second kappa shape index (κ2) is 8.63. The van der Waals surface area contributed by atoms with Gasteiger partial charge >= 0.3 is 5.97 Å². The third-order valence-electron chi connectivity index (χ3n) is 3.66. The van der Waals surface area contributed by atoms with Crippen molar-refractivity contribution in [1.82, 2.24) is 9.88 Å². The molecule has 0 atom stereocenters. The maximum Gasteiger partial charge on any atom is 0.316 e. The molecule has 0 spiro atoms. The van der Waals surface area contributed by atoms with Crippen molar-refractivity contribution in [1.29, 1.82) is 0 Å². The van der Waals surface area contributed by atoms with Gasteiger partial charge in [-0.25, -0.2) is 0 Å². The quantitative estimate of drug-likeness (QED) is 0.588. The first kappa shape index (κ1) is 18.8. The van der Waals surface area contributed by atoms with Crippen LogP contribution in [0.5, 0.6) is 11.5 Å². The molecular weight excluding hydrogens is 372 g/mol. The molecule has 1 N–H and O–H groups in total. The number of nitrogens with one attached hydrogen (secondary N) is 1. The van der Waals surface area contributed by atoms with Crippen LogP contribution in [0.4, 0.5) is 0 Å². The van der Waals surface area contributed by atoms with Crippen molar-refractivity contribution >= 4 is 29.5 Å². The number of hydrogen-bond acceptors (Lipinski definition) is 7. The minimum Gasteiger partial charge on any atom is -0.486 e. The number of aromatic nitrogens is 1. The van der Waals surface area contributed by atoms with Crippen LogP contribution in [0, 0.1) is 0 Å². The molecule has 1 aliphatic rings. The Hall–Kier alpha value is -2.94. The standard InChI is InChI=1S/C18H18N2O6S/c1-20-6-2-3-13(20)18(23)19-16(21)10-26-17(22)11-27-12-4-5-14-15(9-12)25-8-7-24-14/h2-6,9H,7-8,10-11H2,1H3,(H,19,21,23). The number of carbonyl (C=O) groups is 3. The second-order valence-electron chi connectivity index (χ2n) is 5.64. The number of thioether (sulfide) groups is 1. The van der Waals surface area contributed by atoms with Gasteiger partial charge in [0.1, 0.15) is 18.9 Å². The van der Waals surface area contributed by atoms with Crippen LogP contribution in [0.2, 0.25) is 0 Å². The molecule has 0 bridgehead atoms. The van der Waals surface area contributed by atoms with Crippen molar-refractivity contribution in [2.24, 2.45) is 7.05 Å². The van der Waals surface area contributed by atoms with E-state index >= 15 is 0 Å². The van der Waals surface area contributed by atoms with E-state index in [1.807, 2.05) is 6.07 Å². The normalized spacial score (nSPS) is 12.3. The highest BCUT2D eigenvalue weighted by atomic mass is 32.2. The third kappa shape index (κ3) is 5.04. The lowest BCUT2D eigenvalue weighted by molar-refractivity contribution is -0.145. The summed E-state index contributed by atoms with van der Waals surface area (Å²) in [6, 6.07) is 8.66. The van der Waals surface area contributed by atoms with Crippen LogP contribution >= 0.6 is 11.8 Å². The summed E-state index contributed by atoms with van der Waals surface area (Å²) in [5.74, 6) is -0.450. The van der Waals surface area contributed by atoms with Crippen LogP contribution < -0.4 is 14.8 Å². The van der Waals surface area contributed by atoms with Crippen molar-refractivity contribution < 1.29 is 28.6 Å². The highest BCUT2D eigenvalue weighted by Crippen LogP contribution is 2.34. The van der Waals surface area contributed by atoms with Gasteiger partial charge in [0.2, 0.25) is 0 Å². The number of imide groups is 1. The third-order valence-corrected chi connectivity index (χ3v) is 4.63. The topological polar surface area (TPSA) is 95.9 Å². The molecule has 0 saturated carbocycles. The minimum atomic E-state index is -0.682. The van der Waals surface area contributed by atoms with Crippen molar-refractivity contribution in [3.8, 4) is 11.5 Å². The Kier molecular flexibility index (Phi) is 6.02. The van der Waals surface area contributed by atoms with Crippen LogP contribution in [0.15, 0.2) is 41.4 Å². The van der Waals surface area contributed by atoms with E-state index in [1.165, 1.54) is 11.8 Å². The molecule has 142 valence electrons. The summed E-state index contributed by atoms with van der Waals surface area (Å²) in [6.45, 7) is 0.483. The molecule has 1 aliphatic heterocycles. The van der Waals surface area contributed by atoms with Crippen LogP contribution in [0.25, 0.3) is 0 Å². The molecule has 0 saturated heterocycles. The zero-order valence-corrected chi connectivity index (χ0v) is 15.4. The van der Waals surface area contributed by atoms with Gasteiger partial charge in [-0.15, -0.1) is 11.8 Å². The minimum absolute atomic E-state index is 0.0265. The molecule has 0 unspecified atom stereocenters. The Balaban J connectivity index is 1.41. The van der Waals surface area contributed by atoms with Gasteiger partial charge in [0, 0.05) is 18.1 Å². The summed E-state index contributed by atoms with van der Waals surface area (Å²) < 4.78 is 17.4. The second-order valence-corrected chi connectivity index (χ2v) is 6.69. The average Bonchev–Trinajstić information content (AvgIpc) is 3.10. The van der Waals surface area contributed by atoms with E-state index in [0.29, 0.717) is 30.4 Å². The van der Waals surface area contributed by atoms with Crippen LogP contribution in [0.3, 0.4) is 0 Å². The van der Waals surface area contributed by atoms with E-state index in [2.05, 4.69) is 5.32 Å².